The van der Waals surface area contributed by atoms with Crippen molar-refractivity contribution in [2.24, 2.45) is 0 Å². The van der Waals surface area contributed by atoms with Crippen LogP contribution >= 0.6 is 8.96 Å². The van der Waals surface area contributed by atoms with Crippen LogP contribution in [0.1, 0.15) is 0 Å². The minimum absolute atomic E-state index is 0.248. The van der Waals surface area contributed by atoms with Crippen LogP contribution in [0.5, 0.6) is 0 Å². The summed E-state index contributed by atoms with van der Waals surface area (Å²) < 4.78 is 0. The summed E-state index contributed by atoms with van der Waals surface area (Å²) in [4.78, 5) is 7.74. The molecule has 0 fully saturated rings. The lowest BCUT2D eigenvalue weighted by Gasteiger charge is -1.72. The SMILES string of the molecule is CN[P]O. The van der Waals surface area contributed by atoms with Crippen LogP contribution in [0.4, 0.5) is 0 Å². The van der Waals surface area contributed by atoms with Gasteiger partial charge >= 0.3 is 0 Å². The molecule has 0 rings (SSSR count). The molecule has 0 unspecified atom stereocenters. The molecule has 0 heterocycles. The van der Waals surface area contributed by atoms with Crippen molar-refractivity contribution >= 4 is 8.96 Å². The van der Waals surface area contributed by atoms with Gasteiger partial charge in [-0.1, -0.05) is 0 Å². The monoisotopic (exact) mass is 78.0 g/mol. The zero-order valence-corrected chi connectivity index (χ0v) is 3.29. The number of hydrogen-bond acceptors (Lipinski definition) is 2. The molecule has 0 atom stereocenters. The van der Waals surface area contributed by atoms with Crippen LogP contribution in [0.2, 0.25) is 0 Å². The highest BCUT2D eigenvalue weighted by atomic mass is 31.1. The van der Waals surface area contributed by atoms with Gasteiger partial charge in [0.05, 0.1) is 0 Å². The Balaban J connectivity index is 1.97. The molecular formula is CH5NOP. The zero-order chi connectivity index (χ0) is 3.41. The maximum absolute atomic E-state index is 7.74. The lowest BCUT2D eigenvalue weighted by atomic mass is 11.6. The average molecular weight is 78.0 g/mol. The summed E-state index contributed by atoms with van der Waals surface area (Å²) in [7, 11) is 1.92. The van der Waals surface area contributed by atoms with E-state index >= 15 is 0 Å². The average Bonchev–Trinajstić information content (AvgIpc) is 1.37. The summed E-state index contributed by atoms with van der Waals surface area (Å²) in [6.07, 6.45) is 0. The van der Waals surface area contributed by atoms with Crippen molar-refractivity contribution in [3.63, 3.8) is 0 Å². The molecule has 0 aliphatic heterocycles. The van der Waals surface area contributed by atoms with E-state index in [0.717, 1.165) is 0 Å². The second-order valence-electron chi connectivity index (χ2n) is 0.324. The van der Waals surface area contributed by atoms with Gasteiger partial charge in [-0.05, 0) is 7.05 Å². The van der Waals surface area contributed by atoms with Gasteiger partial charge in [0.2, 0.25) is 0 Å². The normalized spacial score (nSPS) is 10.5. The fourth-order valence-corrected chi connectivity index (χ4v) is 0. The van der Waals surface area contributed by atoms with Crippen LogP contribution < -0.4 is 5.09 Å². The molecular weight excluding hydrogens is 73.0 g/mol. The zero-order valence-electron chi connectivity index (χ0n) is 2.39. The van der Waals surface area contributed by atoms with E-state index in [1.54, 1.807) is 7.05 Å². The molecule has 4 heavy (non-hydrogen) atoms. The summed E-state index contributed by atoms with van der Waals surface area (Å²) in [6.45, 7) is 0. The molecule has 3 heteroatoms. The Morgan fingerprint density at radius 2 is 2.25 bits per heavy atom. The Labute approximate surface area is 27.1 Å². The van der Waals surface area contributed by atoms with Crippen molar-refractivity contribution in [3.8, 4) is 0 Å². The first-order chi connectivity index (χ1) is 1.91. The summed E-state index contributed by atoms with van der Waals surface area (Å²) >= 11 is 0. The van der Waals surface area contributed by atoms with Crippen molar-refractivity contribution in [2.75, 3.05) is 7.05 Å². The highest BCUT2D eigenvalue weighted by Gasteiger charge is 1.55. The van der Waals surface area contributed by atoms with Gasteiger partial charge in [-0.15, -0.1) is 0 Å². The summed E-state index contributed by atoms with van der Waals surface area (Å²) in [5, 5.41) is 2.46. The Kier molecular flexibility index (Phi) is 3.64. The van der Waals surface area contributed by atoms with Gasteiger partial charge in [0.1, 0.15) is 0 Å². The molecule has 2 N–H and O–H groups in total. The van der Waals surface area contributed by atoms with Crippen LogP contribution in [0.3, 0.4) is 0 Å². The summed E-state index contributed by atoms with van der Waals surface area (Å²) in [6, 6.07) is 0. The van der Waals surface area contributed by atoms with E-state index in [-0.39, 0.29) is 8.96 Å². The molecule has 0 aromatic rings. The van der Waals surface area contributed by atoms with Gasteiger partial charge < -0.3 is 4.89 Å². The van der Waals surface area contributed by atoms with E-state index in [4.69, 9.17) is 4.89 Å². The van der Waals surface area contributed by atoms with Crippen LogP contribution in [0, 0.1) is 0 Å². The van der Waals surface area contributed by atoms with E-state index in [1.165, 1.54) is 0 Å². The molecule has 1 radical (unpaired) electrons. The van der Waals surface area contributed by atoms with E-state index in [2.05, 4.69) is 5.09 Å². The molecule has 2 nitrogen and oxygen atoms in total. The predicted octanol–water partition coefficient (Wildman–Crippen LogP) is -0.0257. The first-order valence-corrected chi connectivity index (χ1v) is 1.77. The second-order valence-corrected chi connectivity index (χ2v) is 0.971. The number of hydrogen-bond donors (Lipinski definition) is 2. The highest BCUT2D eigenvalue weighted by molar-refractivity contribution is 7.28. The standard InChI is InChI=1S/CH5NOP/c1-2-4-3/h2-3H,1H3. The van der Waals surface area contributed by atoms with E-state index in [9.17, 15) is 0 Å². The van der Waals surface area contributed by atoms with Crippen molar-refractivity contribution in [1.29, 1.82) is 0 Å². The first kappa shape index (κ1) is 4.35. The van der Waals surface area contributed by atoms with Crippen molar-refractivity contribution < 1.29 is 4.89 Å². The minimum Gasteiger partial charge on any atom is -0.353 e. The maximum atomic E-state index is 7.74. The van der Waals surface area contributed by atoms with Crippen LogP contribution in [0.25, 0.3) is 0 Å². The lowest BCUT2D eigenvalue weighted by Crippen LogP contribution is -1.82. The largest absolute Gasteiger partial charge is 0.353 e. The molecule has 0 saturated carbocycles. The third-order valence-corrected chi connectivity index (χ3v) is 0.300. The molecule has 0 aliphatic rings. The lowest BCUT2D eigenvalue weighted by molar-refractivity contribution is 0.637. The predicted molar refractivity (Wildman–Crippen MR) is 18.2 cm³/mol. The number of nitrogens with one attached hydrogen (secondary N) is 1. The molecule has 25 valence electrons. The van der Waals surface area contributed by atoms with Gasteiger partial charge in [0.15, 0.2) is 8.96 Å². The van der Waals surface area contributed by atoms with Crippen molar-refractivity contribution in [3.05, 3.63) is 0 Å². The van der Waals surface area contributed by atoms with Gasteiger partial charge in [-0.25, -0.2) is 0 Å². The molecule has 0 aromatic carbocycles. The third-order valence-electron chi connectivity index (χ3n) is 0.100. The van der Waals surface area contributed by atoms with Gasteiger partial charge in [0, 0.05) is 0 Å². The quantitative estimate of drug-likeness (QED) is 0.432. The molecule has 0 amide bonds. The Morgan fingerprint density at radius 3 is 2.25 bits per heavy atom. The van der Waals surface area contributed by atoms with Gasteiger partial charge in [-0.3, -0.25) is 5.09 Å². The topological polar surface area (TPSA) is 32.3 Å². The molecule has 0 bridgehead atoms. The second kappa shape index (κ2) is 3.35. The molecule has 0 saturated heterocycles. The Bertz CT molecular complexity index is 10.0. The van der Waals surface area contributed by atoms with Crippen LogP contribution in [-0.4, -0.2) is 11.9 Å². The van der Waals surface area contributed by atoms with Crippen LogP contribution in [0.15, 0.2) is 0 Å². The molecule has 0 aromatic heterocycles. The Morgan fingerprint density at radius 1 is 2.00 bits per heavy atom. The van der Waals surface area contributed by atoms with E-state index < -0.39 is 0 Å². The minimum atomic E-state index is 0.248. The van der Waals surface area contributed by atoms with E-state index in [0.29, 0.717) is 0 Å². The fraction of sp³-hybridized carbons (Fsp3) is 1.00. The summed E-state index contributed by atoms with van der Waals surface area (Å²) in [5.74, 6) is 0. The maximum Gasteiger partial charge on any atom is 0.169 e. The van der Waals surface area contributed by atoms with Crippen LogP contribution in [-0.2, 0) is 0 Å². The number of rotatable bonds is 1. The smallest absolute Gasteiger partial charge is 0.169 e. The van der Waals surface area contributed by atoms with Crippen molar-refractivity contribution in [1.82, 2.24) is 5.09 Å². The first-order valence-electron chi connectivity index (χ1n) is 0.924. The Hall–Kier alpha value is 0.350. The van der Waals surface area contributed by atoms with Crippen molar-refractivity contribution in [2.45, 2.75) is 0 Å². The van der Waals surface area contributed by atoms with Gasteiger partial charge in [-0.2, -0.15) is 0 Å². The third kappa shape index (κ3) is 2.35. The fourth-order valence-electron chi connectivity index (χ4n) is 0. The summed E-state index contributed by atoms with van der Waals surface area (Å²) in [5.41, 5.74) is 0. The molecule has 0 spiro atoms. The van der Waals surface area contributed by atoms with E-state index in [1.807, 2.05) is 0 Å². The van der Waals surface area contributed by atoms with Gasteiger partial charge in [0.25, 0.3) is 0 Å². The molecule has 0 aliphatic carbocycles. The highest BCUT2D eigenvalue weighted by Crippen LogP contribution is 1.83.